The highest BCUT2D eigenvalue weighted by Gasteiger charge is 2.02. The standard InChI is InChI=1S/C20H21N3/c1-21-20(22-14-16-8-3-2-4-9-16)23-15-18-12-7-11-17-10-5-6-13-19(17)18/h2-13H,14-15H2,1H3,(H2,21,22,23). The van der Waals surface area contributed by atoms with Gasteiger partial charge >= 0.3 is 0 Å². The molecule has 2 N–H and O–H groups in total. The molecule has 3 heteroatoms. The molecular weight excluding hydrogens is 282 g/mol. The molecule has 0 fully saturated rings. The van der Waals surface area contributed by atoms with Crippen LogP contribution in [-0.2, 0) is 13.1 Å². The largest absolute Gasteiger partial charge is 0.352 e. The van der Waals surface area contributed by atoms with Gasteiger partial charge in [0.25, 0.3) is 0 Å². The predicted molar refractivity (Wildman–Crippen MR) is 97.4 cm³/mol. The first kappa shape index (κ1) is 15.1. The molecule has 116 valence electrons. The van der Waals surface area contributed by atoms with E-state index in [1.165, 1.54) is 21.9 Å². The van der Waals surface area contributed by atoms with Crippen LogP contribution in [0.2, 0.25) is 0 Å². The number of guanidine groups is 1. The summed E-state index contributed by atoms with van der Waals surface area (Å²) < 4.78 is 0. The van der Waals surface area contributed by atoms with E-state index in [2.05, 4.69) is 70.2 Å². The van der Waals surface area contributed by atoms with Gasteiger partial charge in [-0.25, -0.2) is 0 Å². The van der Waals surface area contributed by atoms with E-state index < -0.39 is 0 Å². The topological polar surface area (TPSA) is 36.4 Å². The number of nitrogens with one attached hydrogen (secondary N) is 2. The molecule has 0 saturated heterocycles. The summed E-state index contributed by atoms with van der Waals surface area (Å²) in [5, 5.41) is 9.27. The maximum atomic E-state index is 4.29. The molecule has 0 aliphatic rings. The maximum Gasteiger partial charge on any atom is 0.191 e. The average Bonchev–Trinajstić information content (AvgIpc) is 2.63. The van der Waals surface area contributed by atoms with Crippen molar-refractivity contribution in [2.24, 2.45) is 4.99 Å². The normalized spacial score (nSPS) is 11.4. The summed E-state index contributed by atoms with van der Waals surface area (Å²) >= 11 is 0. The quantitative estimate of drug-likeness (QED) is 0.569. The van der Waals surface area contributed by atoms with E-state index in [0.29, 0.717) is 0 Å². The molecule has 0 amide bonds. The third-order valence-electron chi connectivity index (χ3n) is 3.85. The Labute approximate surface area is 137 Å². The zero-order valence-electron chi connectivity index (χ0n) is 13.3. The number of hydrogen-bond acceptors (Lipinski definition) is 1. The van der Waals surface area contributed by atoms with Crippen LogP contribution in [0.4, 0.5) is 0 Å². The Bertz CT molecular complexity index is 789. The Hall–Kier alpha value is -2.81. The van der Waals surface area contributed by atoms with Crippen LogP contribution in [-0.4, -0.2) is 13.0 Å². The van der Waals surface area contributed by atoms with E-state index in [4.69, 9.17) is 0 Å². The van der Waals surface area contributed by atoms with E-state index in [-0.39, 0.29) is 0 Å². The van der Waals surface area contributed by atoms with E-state index in [1.54, 1.807) is 7.05 Å². The van der Waals surface area contributed by atoms with Crippen LogP contribution in [0.15, 0.2) is 77.8 Å². The lowest BCUT2D eigenvalue weighted by Gasteiger charge is -2.13. The minimum absolute atomic E-state index is 0.746. The van der Waals surface area contributed by atoms with Crippen LogP contribution in [0.1, 0.15) is 11.1 Å². The van der Waals surface area contributed by atoms with Crippen molar-refractivity contribution in [1.29, 1.82) is 0 Å². The third-order valence-corrected chi connectivity index (χ3v) is 3.85. The second kappa shape index (κ2) is 7.45. The van der Waals surface area contributed by atoms with E-state index in [1.807, 2.05) is 18.2 Å². The molecule has 3 rings (SSSR count). The van der Waals surface area contributed by atoms with Crippen molar-refractivity contribution >= 4 is 16.7 Å². The SMILES string of the molecule is CN=C(NCc1ccccc1)NCc1cccc2ccccc12. The molecule has 0 aromatic heterocycles. The fourth-order valence-electron chi connectivity index (χ4n) is 2.63. The monoisotopic (exact) mass is 303 g/mol. The molecule has 23 heavy (non-hydrogen) atoms. The van der Waals surface area contributed by atoms with Gasteiger partial charge in [-0.15, -0.1) is 0 Å². The fourth-order valence-corrected chi connectivity index (χ4v) is 2.63. The van der Waals surface area contributed by atoms with Crippen molar-refractivity contribution in [2.75, 3.05) is 7.05 Å². The molecule has 0 heterocycles. The summed E-state index contributed by atoms with van der Waals surface area (Å²) in [6.45, 7) is 1.51. The lowest BCUT2D eigenvalue weighted by atomic mass is 10.0. The van der Waals surface area contributed by atoms with Gasteiger partial charge in [0.15, 0.2) is 5.96 Å². The Morgan fingerprint density at radius 1 is 0.783 bits per heavy atom. The number of fused-ring (bicyclic) bond motifs is 1. The average molecular weight is 303 g/mol. The first-order valence-corrected chi connectivity index (χ1v) is 7.82. The number of nitrogens with zero attached hydrogens (tertiary/aromatic N) is 1. The molecule has 0 saturated carbocycles. The van der Waals surface area contributed by atoms with Crippen LogP contribution >= 0.6 is 0 Å². The lowest BCUT2D eigenvalue weighted by Crippen LogP contribution is -2.36. The number of benzene rings is 3. The third kappa shape index (κ3) is 3.89. The molecular formula is C20H21N3. The number of hydrogen-bond donors (Lipinski definition) is 2. The molecule has 3 nitrogen and oxygen atoms in total. The summed E-state index contributed by atoms with van der Waals surface area (Å²) in [7, 11) is 1.80. The van der Waals surface area contributed by atoms with Crippen molar-refractivity contribution in [3.63, 3.8) is 0 Å². The van der Waals surface area contributed by atoms with Gasteiger partial charge in [-0.1, -0.05) is 72.8 Å². The first-order chi connectivity index (χ1) is 11.4. The van der Waals surface area contributed by atoms with Gasteiger partial charge in [-0.3, -0.25) is 4.99 Å². The summed E-state index contributed by atoms with van der Waals surface area (Å²) in [5.74, 6) is 0.807. The fraction of sp³-hybridized carbons (Fsp3) is 0.150. The molecule has 0 unspecified atom stereocenters. The number of rotatable bonds is 4. The summed E-state index contributed by atoms with van der Waals surface area (Å²) in [5.41, 5.74) is 2.51. The van der Waals surface area contributed by atoms with Crippen LogP contribution in [0, 0.1) is 0 Å². The van der Waals surface area contributed by atoms with Gasteiger partial charge in [-0.2, -0.15) is 0 Å². The highest BCUT2D eigenvalue weighted by Crippen LogP contribution is 2.18. The first-order valence-electron chi connectivity index (χ1n) is 7.82. The van der Waals surface area contributed by atoms with Crippen LogP contribution < -0.4 is 10.6 Å². The van der Waals surface area contributed by atoms with Gasteiger partial charge in [-0.05, 0) is 21.9 Å². The highest BCUT2D eigenvalue weighted by atomic mass is 15.2. The second-order valence-electron chi connectivity index (χ2n) is 5.40. The number of aliphatic imine (C=N–C) groups is 1. The Morgan fingerprint density at radius 2 is 1.48 bits per heavy atom. The molecule has 3 aromatic rings. The van der Waals surface area contributed by atoms with Crippen molar-refractivity contribution in [3.8, 4) is 0 Å². The Morgan fingerprint density at radius 3 is 2.30 bits per heavy atom. The zero-order valence-corrected chi connectivity index (χ0v) is 13.3. The smallest absolute Gasteiger partial charge is 0.191 e. The maximum absolute atomic E-state index is 4.29. The molecule has 0 spiro atoms. The van der Waals surface area contributed by atoms with Gasteiger partial charge in [0.05, 0.1) is 0 Å². The van der Waals surface area contributed by atoms with Gasteiger partial charge in [0.1, 0.15) is 0 Å². The molecule has 0 atom stereocenters. The predicted octanol–water partition coefficient (Wildman–Crippen LogP) is 3.71. The minimum Gasteiger partial charge on any atom is -0.352 e. The second-order valence-corrected chi connectivity index (χ2v) is 5.40. The van der Waals surface area contributed by atoms with Crippen LogP contribution in [0.3, 0.4) is 0 Å². The van der Waals surface area contributed by atoms with Crippen molar-refractivity contribution in [1.82, 2.24) is 10.6 Å². The molecule has 3 aromatic carbocycles. The van der Waals surface area contributed by atoms with Gasteiger partial charge < -0.3 is 10.6 Å². The van der Waals surface area contributed by atoms with E-state index in [0.717, 1.165) is 19.0 Å². The summed E-state index contributed by atoms with van der Waals surface area (Å²) in [4.78, 5) is 4.29. The van der Waals surface area contributed by atoms with Crippen molar-refractivity contribution in [2.45, 2.75) is 13.1 Å². The zero-order chi connectivity index (χ0) is 15.9. The van der Waals surface area contributed by atoms with Crippen LogP contribution in [0.25, 0.3) is 10.8 Å². The summed E-state index contributed by atoms with van der Waals surface area (Å²) in [6, 6.07) is 25.2. The molecule has 0 radical (unpaired) electrons. The van der Waals surface area contributed by atoms with Gasteiger partial charge in [0.2, 0.25) is 0 Å². The Kier molecular flexibility index (Phi) is 4.89. The highest BCUT2D eigenvalue weighted by molar-refractivity contribution is 5.86. The molecule has 0 aliphatic heterocycles. The molecule has 0 bridgehead atoms. The van der Waals surface area contributed by atoms with E-state index >= 15 is 0 Å². The van der Waals surface area contributed by atoms with Gasteiger partial charge in [0, 0.05) is 20.1 Å². The lowest BCUT2D eigenvalue weighted by molar-refractivity contribution is 0.812. The van der Waals surface area contributed by atoms with Crippen molar-refractivity contribution < 1.29 is 0 Å². The summed E-state index contributed by atoms with van der Waals surface area (Å²) in [6.07, 6.45) is 0. The van der Waals surface area contributed by atoms with Crippen molar-refractivity contribution in [3.05, 3.63) is 83.9 Å². The Balaban J connectivity index is 1.63. The van der Waals surface area contributed by atoms with Crippen LogP contribution in [0.5, 0.6) is 0 Å². The minimum atomic E-state index is 0.746. The molecule has 0 aliphatic carbocycles. The van der Waals surface area contributed by atoms with E-state index in [9.17, 15) is 0 Å².